The normalized spacial score (nSPS) is 12.3. The van der Waals surface area contributed by atoms with E-state index in [9.17, 15) is 9.90 Å². The predicted octanol–water partition coefficient (Wildman–Crippen LogP) is 4.87. The summed E-state index contributed by atoms with van der Waals surface area (Å²) >= 11 is 6.39. The highest BCUT2D eigenvalue weighted by atomic mass is 35.5. The van der Waals surface area contributed by atoms with Gasteiger partial charge in [0.15, 0.2) is 5.58 Å². The lowest BCUT2D eigenvalue weighted by molar-refractivity contribution is -0.138. The average Bonchev–Trinajstić information content (AvgIpc) is 2.99. The summed E-state index contributed by atoms with van der Waals surface area (Å²) in [5.41, 5.74) is 3.86. The lowest BCUT2D eigenvalue weighted by atomic mass is 10.0. The molecule has 0 saturated heterocycles. The highest BCUT2D eigenvalue weighted by Crippen LogP contribution is 2.38. The monoisotopic (exact) mass is 359 g/mol. The molecule has 1 atom stereocenters. The number of aliphatic carboxylic acids is 1. The Kier molecular flexibility index (Phi) is 4.68. The Balaban J connectivity index is 1.88. The number of carboxylic acid groups (broad SMARTS) is 1. The molecule has 3 rings (SSSR count). The molecule has 1 aromatic carbocycles. The number of ether oxygens (including phenoxy) is 1. The molecule has 6 heteroatoms. The first-order valence-electron chi connectivity index (χ1n) is 7.86. The molecule has 2 heterocycles. The maximum Gasteiger partial charge on any atom is 0.310 e. The van der Waals surface area contributed by atoms with Gasteiger partial charge in [0.05, 0.1) is 12.2 Å². The second kappa shape index (κ2) is 6.76. The van der Waals surface area contributed by atoms with Gasteiger partial charge in [-0.15, -0.1) is 0 Å². The van der Waals surface area contributed by atoms with Crippen LogP contribution in [0.2, 0.25) is 5.02 Å². The Bertz CT molecular complexity index is 948. The molecule has 5 nitrogen and oxygen atoms in total. The Morgan fingerprint density at radius 1 is 1.32 bits per heavy atom. The lowest BCUT2D eigenvalue weighted by Crippen LogP contribution is -2.06. The van der Waals surface area contributed by atoms with Crippen LogP contribution < -0.4 is 4.74 Å². The van der Waals surface area contributed by atoms with Crippen molar-refractivity contribution in [3.05, 3.63) is 58.1 Å². The van der Waals surface area contributed by atoms with Crippen LogP contribution in [-0.4, -0.2) is 16.1 Å². The van der Waals surface area contributed by atoms with Crippen LogP contribution in [0.4, 0.5) is 0 Å². The van der Waals surface area contributed by atoms with Gasteiger partial charge < -0.3 is 14.3 Å². The standard InChI is InChI=1S/C19H18ClNO4/c1-10-4-5-13(12(3)21-10)8-24-16-7-6-14-15(11(2)19(22)23)9-25-18(14)17(16)20/h4-7,9,11H,8H2,1-3H3,(H,22,23). The van der Waals surface area contributed by atoms with Crippen molar-refractivity contribution < 1.29 is 19.1 Å². The molecule has 0 aliphatic rings. The van der Waals surface area contributed by atoms with E-state index in [-0.39, 0.29) is 0 Å². The summed E-state index contributed by atoms with van der Waals surface area (Å²) in [7, 11) is 0. The third kappa shape index (κ3) is 3.33. The maximum absolute atomic E-state index is 11.2. The molecule has 3 aromatic rings. The summed E-state index contributed by atoms with van der Waals surface area (Å²) in [6.07, 6.45) is 1.44. The number of carboxylic acids is 1. The molecule has 130 valence electrons. The first-order valence-corrected chi connectivity index (χ1v) is 8.24. The topological polar surface area (TPSA) is 72.6 Å². The van der Waals surface area contributed by atoms with E-state index >= 15 is 0 Å². The third-order valence-corrected chi connectivity index (χ3v) is 4.59. The minimum absolute atomic E-state index is 0.332. The van der Waals surface area contributed by atoms with Gasteiger partial charge in [-0.25, -0.2) is 0 Å². The van der Waals surface area contributed by atoms with Crippen LogP contribution >= 0.6 is 11.6 Å². The van der Waals surface area contributed by atoms with E-state index in [1.807, 2.05) is 26.0 Å². The SMILES string of the molecule is Cc1ccc(COc2ccc3c(C(C)C(=O)O)coc3c2Cl)c(C)n1. The molecular weight excluding hydrogens is 342 g/mol. The van der Waals surface area contributed by atoms with Crippen molar-refractivity contribution in [2.45, 2.75) is 33.3 Å². The van der Waals surface area contributed by atoms with Crippen molar-refractivity contribution >= 4 is 28.5 Å². The Morgan fingerprint density at radius 3 is 2.76 bits per heavy atom. The van der Waals surface area contributed by atoms with Gasteiger partial charge in [0.1, 0.15) is 17.4 Å². The Labute approximate surface area is 150 Å². The molecule has 0 aliphatic carbocycles. The van der Waals surface area contributed by atoms with E-state index in [2.05, 4.69) is 4.98 Å². The number of pyridine rings is 1. The molecule has 25 heavy (non-hydrogen) atoms. The van der Waals surface area contributed by atoms with Crippen molar-refractivity contribution in [1.29, 1.82) is 0 Å². The summed E-state index contributed by atoms with van der Waals surface area (Å²) in [6.45, 7) is 5.82. The number of carbonyl (C=O) groups is 1. The van der Waals surface area contributed by atoms with Crippen molar-refractivity contribution in [1.82, 2.24) is 4.98 Å². The number of rotatable bonds is 5. The quantitative estimate of drug-likeness (QED) is 0.703. The summed E-state index contributed by atoms with van der Waals surface area (Å²) in [6, 6.07) is 7.41. The zero-order valence-electron chi connectivity index (χ0n) is 14.2. The molecule has 0 spiro atoms. The second-order valence-corrected chi connectivity index (χ2v) is 6.37. The van der Waals surface area contributed by atoms with E-state index in [0.29, 0.717) is 33.9 Å². The third-order valence-electron chi connectivity index (χ3n) is 4.23. The van der Waals surface area contributed by atoms with E-state index in [0.717, 1.165) is 17.0 Å². The molecule has 1 N–H and O–H groups in total. The Hall–Kier alpha value is -2.53. The van der Waals surface area contributed by atoms with Gasteiger partial charge in [-0.3, -0.25) is 9.78 Å². The number of aromatic nitrogens is 1. The molecule has 2 aromatic heterocycles. The number of halogens is 1. The summed E-state index contributed by atoms with van der Waals surface area (Å²) < 4.78 is 11.3. The molecule has 0 aliphatic heterocycles. The number of benzene rings is 1. The first kappa shape index (κ1) is 17.3. The minimum atomic E-state index is -0.915. The van der Waals surface area contributed by atoms with Crippen molar-refractivity contribution in [3.8, 4) is 5.75 Å². The van der Waals surface area contributed by atoms with Crippen LogP contribution in [-0.2, 0) is 11.4 Å². The van der Waals surface area contributed by atoms with Gasteiger partial charge in [0.25, 0.3) is 0 Å². The summed E-state index contributed by atoms with van der Waals surface area (Å²) in [5, 5.41) is 10.2. The fraction of sp³-hybridized carbons (Fsp3) is 0.263. The zero-order valence-corrected chi connectivity index (χ0v) is 14.9. The van der Waals surface area contributed by atoms with Crippen LogP contribution in [0.15, 0.2) is 34.9 Å². The molecule has 0 saturated carbocycles. The van der Waals surface area contributed by atoms with Crippen LogP contribution in [0.3, 0.4) is 0 Å². The van der Waals surface area contributed by atoms with Gasteiger partial charge in [-0.1, -0.05) is 17.7 Å². The number of aryl methyl sites for hydroxylation is 2. The van der Waals surface area contributed by atoms with Crippen LogP contribution in [0.5, 0.6) is 5.75 Å². The molecule has 0 amide bonds. The minimum Gasteiger partial charge on any atom is -0.487 e. The van der Waals surface area contributed by atoms with Crippen LogP contribution in [0.25, 0.3) is 11.0 Å². The maximum atomic E-state index is 11.2. The van der Waals surface area contributed by atoms with Gasteiger partial charge in [-0.2, -0.15) is 0 Å². The highest BCUT2D eigenvalue weighted by molar-refractivity contribution is 6.36. The number of furan rings is 1. The van der Waals surface area contributed by atoms with E-state index < -0.39 is 11.9 Å². The van der Waals surface area contributed by atoms with Crippen LogP contribution in [0, 0.1) is 13.8 Å². The smallest absolute Gasteiger partial charge is 0.310 e. The van der Waals surface area contributed by atoms with Gasteiger partial charge in [-0.05, 0) is 39.0 Å². The number of hydrogen-bond acceptors (Lipinski definition) is 4. The van der Waals surface area contributed by atoms with Crippen molar-refractivity contribution in [2.24, 2.45) is 0 Å². The molecular formula is C19H18ClNO4. The summed E-state index contributed by atoms with van der Waals surface area (Å²) in [4.78, 5) is 15.6. The van der Waals surface area contributed by atoms with Gasteiger partial charge in [0.2, 0.25) is 0 Å². The average molecular weight is 360 g/mol. The zero-order chi connectivity index (χ0) is 18.1. The first-order chi connectivity index (χ1) is 11.9. The van der Waals surface area contributed by atoms with E-state index in [4.69, 9.17) is 20.8 Å². The lowest BCUT2D eigenvalue weighted by Gasteiger charge is -2.11. The van der Waals surface area contributed by atoms with E-state index in [1.165, 1.54) is 6.26 Å². The molecule has 0 bridgehead atoms. The fourth-order valence-corrected chi connectivity index (χ4v) is 2.93. The predicted molar refractivity (Wildman–Crippen MR) is 95.3 cm³/mol. The number of fused-ring (bicyclic) bond motifs is 1. The number of nitrogens with zero attached hydrogens (tertiary/aromatic N) is 1. The fourth-order valence-electron chi connectivity index (χ4n) is 2.67. The number of hydrogen-bond donors (Lipinski definition) is 1. The van der Waals surface area contributed by atoms with Crippen molar-refractivity contribution in [2.75, 3.05) is 0 Å². The largest absolute Gasteiger partial charge is 0.487 e. The highest BCUT2D eigenvalue weighted by Gasteiger charge is 2.21. The van der Waals surface area contributed by atoms with E-state index in [1.54, 1.807) is 19.1 Å². The Morgan fingerprint density at radius 2 is 2.08 bits per heavy atom. The van der Waals surface area contributed by atoms with Crippen LogP contribution in [0.1, 0.15) is 35.4 Å². The van der Waals surface area contributed by atoms with Crippen molar-refractivity contribution in [3.63, 3.8) is 0 Å². The van der Waals surface area contributed by atoms with Gasteiger partial charge >= 0.3 is 5.97 Å². The molecule has 0 fully saturated rings. The molecule has 0 radical (unpaired) electrons. The summed E-state index contributed by atoms with van der Waals surface area (Å²) in [5.74, 6) is -1.11. The van der Waals surface area contributed by atoms with Gasteiger partial charge in [0, 0.05) is 27.9 Å². The molecule has 1 unspecified atom stereocenters. The second-order valence-electron chi connectivity index (χ2n) is 5.99.